The Balaban J connectivity index is 1.71. The number of rotatable bonds is 4. The van der Waals surface area contributed by atoms with E-state index in [4.69, 9.17) is 0 Å². The van der Waals surface area contributed by atoms with E-state index >= 15 is 0 Å². The minimum atomic E-state index is -0.195. The van der Waals surface area contributed by atoms with Crippen LogP contribution in [0.3, 0.4) is 0 Å². The number of nitrogens with one attached hydrogen (secondary N) is 3. The van der Waals surface area contributed by atoms with Crippen LogP contribution in [-0.4, -0.2) is 31.7 Å². The van der Waals surface area contributed by atoms with Crippen LogP contribution in [-0.2, 0) is 13.5 Å². The highest BCUT2D eigenvalue weighted by Crippen LogP contribution is 2.27. The van der Waals surface area contributed by atoms with E-state index in [0.29, 0.717) is 17.9 Å². The van der Waals surface area contributed by atoms with E-state index in [1.807, 2.05) is 13.1 Å². The van der Waals surface area contributed by atoms with Gasteiger partial charge in [0.2, 0.25) is 0 Å². The summed E-state index contributed by atoms with van der Waals surface area (Å²) in [7, 11) is 1.72. The number of carbonyl (C=O) groups excluding carboxylic acids is 1. The van der Waals surface area contributed by atoms with Crippen molar-refractivity contribution in [2.75, 3.05) is 0 Å². The lowest BCUT2D eigenvalue weighted by Gasteiger charge is -2.32. The van der Waals surface area contributed by atoms with Crippen LogP contribution in [0.2, 0.25) is 0 Å². The molecule has 2 aromatic heterocycles. The van der Waals surface area contributed by atoms with Crippen molar-refractivity contribution in [1.29, 1.82) is 0 Å². The summed E-state index contributed by atoms with van der Waals surface area (Å²) >= 11 is 0. The summed E-state index contributed by atoms with van der Waals surface area (Å²) in [5.74, 6) is 1.02. The predicted octanol–water partition coefficient (Wildman–Crippen LogP) is 1.28. The van der Waals surface area contributed by atoms with E-state index in [1.165, 1.54) is 0 Å². The third-order valence-electron chi connectivity index (χ3n) is 4.84. The highest BCUT2D eigenvalue weighted by atomic mass is 16.2. The number of amides is 1. The van der Waals surface area contributed by atoms with Crippen molar-refractivity contribution in [2.24, 2.45) is 13.0 Å². The molecule has 0 radical (unpaired) electrons. The summed E-state index contributed by atoms with van der Waals surface area (Å²) in [5.41, 5.74) is 1.45. The van der Waals surface area contributed by atoms with Gasteiger partial charge in [0, 0.05) is 31.9 Å². The minimum absolute atomic E-state index is 0.0310. The molecule has 1 aliphatic rings. The van der Waals surface area contributed by atoms with Gasteiger partial charge in [-0.2, -0.15) is 5.10 Å². The van der Waals surface area contributed by atoms with Crippen molar-refractivity contribution < 1.29 is 4.79 Å². The lowest BCUT2D eigenvalue weighted by molar-refractivity contribution is 0.0904. The molecule has 23 heavy (non-hydrogen) atoms. The SMILES string of the molecule is Cc1c[nH]cc1C(=O)N[C@@H]1CCCC[C@@H]1Cc1n[nH]c(=O)n1C. The molecule has 0 bridgehead atoms. The van der Waals surface area contributed by atoms with Gasteiger partial charge in [-0.05, 0) is 31.2 Å². The van der Waals surface area contributed by atoms with Gasteiger partial charge in [0.05, 0.1) is 5.56 Å². The van der Waals surface area contributed by atoms with Crippen LogP contribution in [0.4, 0.5) is 0 Å². The van der Waals surface area contributed by atoms with Crippen LogP contribution in [0.1, 0.15) is 47.4 Å². The number of carbonyl (C=O) groups is 1. The standard InChI is InChI=1S/C16H23N5O2/c1-10-8-17-9-12(10)15(22)18-13-6-4-3-5-11(13)7-14-19-20-16(23)21(14)2/h8-9,11,13,17H,3-7H2,1-2H3,(H,18,22)(H,20,23)/t11-,13-/m1/s1. The molecule has 1 saturated carbocycles. The molecule has 0 spiro atoms. The van der Waals surface area contributed by atoms with E-state index in [-0.39, 0.29) is 17.6 Å². The van der Waals surface area contributed by atoms with E-state index < -0.39 is 0 Å². The Morgan fingerprint density at radius 3 is 2.83 bits per heavy atom. The second-order valence-corrected chi connectivity index (χ2v) is 6.38. The first-order valence-electron chi connectivity index (χ1n) is 8.10. The average Bonchev–Trinajstić information content (AvgIpc) is 3.10. The summed E-state index contributed by atoms with van der Waals surface area (Å²) in [6.45, 7) is 1.92. The van der Waals surface area contributed by atoms with Gasteiger partial charge >= 0.3 is 5.69 Å². The zero-order chi connectivity index (χ0) is 16.4. The van der Waals surface area contributed by atoms with Gasteiger partial charge < -0.3 is 10.3 Å². The zero-order valence-corrected chi connectivity index (χ0v) is 13.6. The summed E-state index contributed by atoms with van der Waals surface area (Å²) in [6.07, 6.45) is 8.54. The largest absolute Gasteiger partial charge is 0.367 e. The first-order valence-corrected chi connectivity index (χ1v) is 8.10. The van der Waals surface area contributed by atoms with E-state index in [9.17, 15) is 9.59 Å². The molecule has 1 amide bonds. The number of hydrogen-bond acceptors (Lipinski definition) is 3. The maximum Gasteiger partial charge on any atom is 0.343 e. The molecular formula is C16H23N5O2. The molecule has 0 saturated heterocycles. The van der Waals surface area contributed by atoms with Gasteiger partial charge in [-0.25, -0.2) is 9.89 Å². The number of hydrogen-bond donors (Lipinski definition) is 3. The lowest BCUT2D eigenvalue weighted by atomic mass is 9.82. The number of H-pyrrole nitrogens is 2. The minimum Gasteiger partial charge on any atom is -0.367 e. The summed E-state index contributed by atoms with van der Waals surface area (Å²) < 4.78 is 1.55. The van der Waals surface area contributed by atoms with E-state index in [0.717, 1.165) is 37.1 Å². The molecule has 1 fully saturated rings. The van der Waals surface area contributed by atoms with Gasteiger partial charge in [-0.15, -0.1) is 0 Å². The van der Waals surface area contributed by atoms with Gasteiger partial charge in [-0.3, -0.25) is 9.36 Å². The topological polar surface area (TPSA) is 95.6 Å². The molecule has 124 valence electrons. The second kappa shape index (κ2) is 6.44. The number of aromatic nitrogens is 4. The van der Waals surface area contributed by atoms with Gasteiger partial charge in [0.15, 0.2) is 0 Å². The maximum absolute atomic E-state index is 12.5. The summed E-state index contributed by atoms with van der Waals surface area (Å²) in [4.78, 5) is 26.9. The zero-order valence-electron chi connectivity index (χ0n) is 13.6. The normalized spacial score (nSPS) is 21.3. The monoisotopic (exact) mass is 317 g/mol. The quantitative estimate of drug-likeness (QED) is 0.792. The Labute approximate surface area is 134 Å². The molecule has 0 unspecified atom stereocenters. The molecule has 2 aromatic rings. The molecule has 0 aromatic carbocycles. The molecule has 2 heterocycles. The van der Waals surface area contributed by atoms with E-state index in [2.05, 4.69) is 20.5 Å². The molecule has 7 nitrogen and oxygen atoms in total. The Kier molecular flexibility index (Phi) is 4.36. The molecule has 3 N–H and O–H groups in total. The Hall–Kier alpha value is -2.31. The molecular weight excluding hydrogens is 294 g/mol. The molecule has 3 rings (SSSR count). The average molecular weight is 317 g/mol. The Morgan fingerprint density at radius 1 is 1.39 bits per heavy atom. The third-order valence-corrected chi connectivity index (χ3v) is 4.84. The highest BCUT2D eigenvalue weighted by Gasteiger charge is 2.28. The smallest absolute Gasteiger partial charge is 0.343 e. The second-order valence-electron chi connectivity index (χ2n) is 6.38. The van der Waals surface area contributed by atoms with Crippen molar-refractivity contribution in [3.05, 3.63) is 39.8 Å². The molecule has 7 heteroatoms. The van der Waals surface area contributed by atoms with Crippen LogP contribution >= 0.6 is 0 Å². The van der Waals surface area contributed by atoms with Crippen molar-refractivity contribution >= 4 is 5.91 Å². The Morgan fingerprint density at radius 2 is 2.17 bits per heavy atom. The highest BCUT2D eigenvalue weighted by molar-refractivity contribution is 5.95. The fraction of sp³-hybridized carbons (Fsp3) is 0.562. The van der Waals surface area contributed by atoms with Crippen LogP contribution in [0.15, 0.2) is 17.2 Å². The van der Waals surface area contributed by atoms with Crippen molar-refractivity contribution in [1.82, 2.24) is 25.1 Å². The van der Waals surface area contributed by atoms with Crippen LogP contribution in [0.25, 0.3) is 0 Å². The number of aromatic amines is 2. The predicted molar refractivity (Wildman–Crippen MR) is 86.3 cm³/mol. The van der Waals surface area contributed by atoms with Gasteiger partial charge in [0.1, 0.15) is 5.82 Å². The first kappa shape index (κ1) is 15.6. The number of nitrogens with zero attached hydrogens (tertiary/aromatic N) is 2. The fourth-order valence-electron chi connectivity index (χ4n) is 3.37. The van der Waals surface area contributed by atoms with Crippen LogP contribution in [0.5, 0.6) is 0 Å². The van der Waals surface area contributed by atoms with E-state index in [1.54, 1.807) is 17.8 Å². The number of aryl methyl sites for hydroxylation is 1. The van der Waals surface area contributed by atoms with Crippen molar-refractivity contribution in [3.63, 3.8) is 0 Å². The maximum atomic E-state index is 12.5. The van der Waals surface area contributed by atoms with Crippen molar-refractivity contribution in [2.45, 2.75) is 45.1 Å². The molecule has 1 aliphatic carbocycles. The van der Waals surface area contributed by atoms with Gasteiger partial charge in [-0.1, -0.05) is 12.8 Å². The molecule has 2 atom stereocenters. The lowest BCUT2D eigenvalue weighted by Crippen LogP contribution is -2.43. The van der Waals surface area contributed by atoms with Crippen molar-refractivity contribution in [3.8, 4) is 0 Å². The summed E-state index contributed by atoms with van der Waals surface area (Å²) in [6, 6.07) is 0.123. The third kappa shape index (κ3) is 3.23. The van der Waals surface area contributed by atoms with Crippen LogP contribution < -0.4 is 11.0 Å². The Bertz CT molecular complexity index is 742. The fourth-order valence-corrected chi connectivity index (χ4v) is 3.37. The molecule has 0 aliphatic heterocycles. The van der Waals surface area contributed by atoms with Crippen LogP contribution in [0, 0.1) is 12.8 Å². The first-order chi connectivity index (χ1) is 11.1. The summed E-state index contributed by atoms with van der Waals surface area (Å²) in [5, 5.41) is 9.75. The van der Waals surface area contributed by atoms with Gasteiger partial charge in [0.25, 0.3) is 5.91 Å².